The van der Waals surface area contributed by atoms with Crippen LogP contribution in [-0.2, 0) is 13.6 Å². The van der Waals surface area contributed by atoms with Crippen molar-refractivity contribution < 1.29 is 9.84 Å². The Morgan fingerprint density at radius 2 is 1.87 bits per heavy atom. The minimum Gasteiger partial charge on any atom is -0.491 e. The normalized spacial score (nSPS) is 12.5. The van der Waals surface area contributed by atoms with Gasteiger partial charge in [0.15, 0.2) is 0 Å². The molecule has 0 amide bonds. The summed E-state index contributed by atoms with van der Waals surface area (Å²) in [5.41, 5.74) is 3.40. The van der Waals surface area contributed by atoms with Gasteiger partial charge in [0, 0.05) is 7.05 Å². The van der Waals surface area contributed by atoms with Gasteiger partial charge in [0.2, 0.25) is 5.62 Å². The predicted octanol–water partition coefficient (Wildman–Crippen LogP) is 2.21. The lowest BCUT2D eigenvalue weighted by Gasteiger charge is -2.14. The molecule has 2 N–H and O–H groups in total. The SMILES string of the molecule is Cc1cccc(OC[C@@H](O)Cn2c(=N)n(C)c3ccccc32)c1. The summed E-state index contributed by atoms with van der Waals surface area (Å²) in [6, 6.07) is 15.6. The number of nitrogens with zero attached hydrogens (tertiary/aromatic N) is 2. The molecule has 3 rings (SSSR count). The molecule has 5 nitrogen and oxygen atoms in total. The van der Waals surface area contributed by atoms with Crippen LogP contribution < -0.4 is 10.4 Å². The number of benzene rings is 2. The number of aryl methyl sites for hydroxylation is 2. The van der Waals surface area contributed by atoms with E-state index in [0.29, 0.717) is 12.2 Å². The fraction of sp³-hybridized carbons (Fsp3) is 0.278. The van der Waals surface area contributed by atoms with Crippen molar-refractivity contribution in [3.63, 3.8) is 0 Å². The van der Waals surface area contributed by atoms with Crippen molar-refractivity contribution in [2.24, 2.45) is 7.05 Å². The maximum Gasteiger partial charge on any atom is 0.202 e. The van der Waals surface area contributed by atoms with Gasteiger partial charge in [0.05, 0.1) is 17.6 Å². The zero-order chi connectivity index (χ0) is 16.4. The maximum absolute atomic E-state index is 10.3. The van der Waals surface area contributed by atoms with Crippen molar-refractivity contribution in [1.82, 2.24) is 9.13 Å². The van der Waals surface area contributed by atoms with E-state index in [1.54, 1.807) is 4.57 Å². The molecule has 2 aromatic carbocycles. The van der Waals surface area contributed by atoms with Gasteiger partial charge < -0.3 is 19.0 Å². The van der Waals surface area contributed by atoms with E-state index in [2.05, 4.69) is 0 Å². The Bertz CT molecular complexity index is 879. The van der Waals surface area contributed by atoms with Crippen molar-refractivity contribution in [2.75, 3.05) is 6.61 Å². The molecule has 23 heavy (non-hydrogen) atoms. The monoisotopic (exact) mass is 311 g/mol. The number of ether oxygens (including phenoxy) is 1. The number of aliphatic hydroxyl groups excluding tert-OH is 1. The summed E-state index contributed by atoms with van der Waals surface area (Å²) in [6.45, 7) is 2.52. The first-order valence-electron chi connectivity index (χ1n) is 7.62. The summed E-state index contributed by atoms with van der Waals surface area (Å²) in [5, 5.41) is 18.5. The van der Waals surface area contributed by atoms with Gasteiger partial charge >= 0.3 is 0 Å². The molecule has 0 radical (unpaired) electrons. The Labute approximate surface area is 134 Å². The third kappa shape index (κ3) is 3.14. The molecule has 0 spiro atoms. The first-order valence-corrected chi connectivity index (χ1v) is 7.62. The molecule has 1 aromatic heterocycles. The number of rotatable bonds is 5. The molecule has 5 heteroatoms. The number of imidazole rings is 1. The van der Waals surface area contributed by atoms with Gasteiger partial charge in [-0.05, 0) is 36.8 Å². The Balaban J connectivity index is 1.74. The van der Waals surface area contributed by atoms with Crippen LogP contribution in [0, 0.1) is 12.3 Å². The van der Waals surface area contributed by atoms with Crippen molar-refractivity contribution in [3.8, 4) is 5.75 Å². The Kier molecular flexibility index (Phi) is 4.21. The van der Waals surface area contributed by atoms with Crippen LogP contribution in [0.25, 0.3) is 11.0 Å². The Morgan fingerprint density at radius 1 is 1.13 bits per heavy atom. The largest absolute Gasteiger partial charge is 0.491 e. The highest BCUT2D eigenvalue weighted by atomic mass is 16.5. The number of fused-ring (bicyclic) bond motifs is 1. The highest BCUT2D eigenvalue weighted by Gasteiger charge is 2.12. The molecule has 120 valence electrons. The molecule has 0 saturated heterocycles. The highest BCUT2D eigenvalue weighted by molar-refractivity contribution is 5.75. The summed E-state index contributed by atoms with van der Waals surface area (Å²) >= 11 is 0. The van der Waals surface area contributed by atoms with Gasteiger partial charge in [-0.25, -0.2) is 0 Å². The van der Waals surface area contributed by atoms with E-state index in [1.165, 1.54) is 0 Å². The predicted molar refractivity (Wildman–Crippen MR) is 89.4 cm³/mol. The number of aliphatic hydroxyl groups is 1. The second-order valence-corrected chi connectivity index (χ2v) is 5.76. The van der Waals surface area contributed by atoms with Crippen molar-refractivity contribution in [1.29, 1.82) is 5.41 Å². The first-order chi connectivity index (χ1) is 11.1. The second kappa shape index (κ2) is 6.30. The number of para-hydroxylation sites is 2. The summed E-state index contributed by atoms with van der Waals surface area (Å²) in [5.74, 6) is 0.748. The van der Waals surface area contributed by atoms with Crippen LogP contribution in [0.15, 0.2) is 48.5 Å². The first kappa shape index (κ1) is 15.4. The molecular formula is C18H21N3O2. The van der Waals surface area contributed by atoms with Gasteiger partial charge in [-0.15, -0.1) is 0 Å². The van der Waals surface area contributed by atoms with Gasteiger partial charge in [0.1, 0.15) is 18.5 Å². The highest BCUT2D eigenvalue weighted by Crippen LogP contribution is 2.14. The quantitative estimate of drug-likeness (QED) is 0.759. The maximum atomic E-state index is 10.3. The summed E-state index contributed by atoms with van der Waals surface area (Å²) in [6.07, 6.45) is -0.685. The number of hydrogen-bond donors (Lipinski definition) is 2. The van der Waals surface area contributed by atoms with Crippen LogP contribution in [0.2, 0.25) is 0 Å². The van der Waals surface area contributed by atoms with E-state index in [4.69, 9.17) is 10.1 Å². The van der Waals surface area contributed by atoms with E-state index >= 15 is 0 Å². The zero-order valence-corrected chi connectivity index (χ0v) is 13.4. The average molecular weight is 311 g/mol. The minimum absolute atomic E-state index is 0.194. The van der Waals surface area contributed by atoms with Crippen LogP contribution in [0.3, 0.4) is 0 Å². The average Bonchev–Trinajstić information content (AvgIpc) is 2.79. The standard InChI is InChI=1S/C18H21N3O2/c1-13-6-5-7-15(10-13)23-12-14(22)11-21-17-9-4-3-8-16(17)20(2)18(21)19/h3-10,14,19,22H,11-12H2,1-2H3/t14-/m0/s1. The zero-order valence-electron chi connectivity index (χ0n) is 13.4. The number of aromatic nitrogens is 2. The van der Waals surface area contributed by atoms with Crippen LogP contribution in [0.5, 0.6) is 5.75 Å². The lowest BCUT2D eigenvalue weighted by molar-refractivity contribution is 0.0921. The molecule has 0 fully saturated rings. The van der Waals surface area contributed by atoms with E-state index in [0.717, 1.165) is 22.3 Å². The molecule has 0 aliphatic carbocycles. The molecule has 0 bridgehead atoms. The Hall–Kier alpha value is -2.53. The van der Waals surface area contributed by atoms with E-state index in [1.807, 2.05) is 67.1 Å². The molecule has 0 saturated carbocycles. The second-order valence-electron chi connectivity index (χ2n) is 5.76. The fourth-order valence-corrected chi connectivity index (χ4v) is 2.73. The van der Waals surface area contributed by atoms with Gasteiger partial charge in [0.25, 0.3) is 0 Å². The molecular weight excluding hydrogens is 290 g/mol. The molecule has 0 unspecified atom stereocenters. The summed E-state index contributed by atoms with van der Waals surface area (Å²) < 4.78 is 9.26. The lowest BCUT2D eigenvalue weighted by Crippen LogP contribution is -2.30. The third-order valence-electron chi connectivity index (χ3n) is 3.93. The van der Waals surface area contributed by atoms with E-state index < -0.39 is 6.10 Å². The van der Waals surface area contributed by atoms with Gasteiger partial charge in [-0.2, -0.15) is 0 Å². The van der Waals surface area contributed by atoms with Crippen LogP contribution in [-0.4, -0.2) is 27.0 Å². The fourth-order valence-electron chi connectivity index (χ4n) is 2.73. The summed E-state index contributed by atoms with van der Waals surface area (Å²) in [4.78, 5) is 0. The van der Waals surface area contributed by atoms with Crippen LogP contribution >= 0.6 is 0 Å². The molecule has 3 aromatic rings. The van der Waals surface area contributed by atoms with Crippen molar-refractivity contribution in [3.05, 3.63) is 59.7 Å². The molecule has 0 aliphatic rings. The van der Waals surface area contributed by atoms with Crippen molar-refractivity contribution >= 4 is 11.0 Å². The summed E-state index contributed by atoms with van der Waals surface area (Å²) in [7, 11) is 1.86. The number of hydrogen-bond acceptors (Lipinski definition) is 3. The third-order valence-corrected chi connectivity index (χ3v) is 3.93. The minimum atomic E-state index is -0.685. The van der Waals surface area contributed by atoms with Gasteiger partial charge in [-0.1, -0.05) is 24.3 Å². The van der Waals surface area contributed by atoms with E-state index in [9.17, 15) is 5.11 Å². The van der Waals surface area contributed by atoms with Crippen LogP contribution in [0.1, 0.15) is 5.56 Å². The smallest absolute Gasteiger partial charge is 0.202 e. The number of nitrogens with one attached hydrogen (secondary N) is 1. The van der Waals surface area contributed by atoms with Gasteiger partial charge in [-0.3, -0.25) is 5.41 Å². The molecule has 1 heterocycles. The van der Waals surface area contributed by atoms with Crippen molar-refractivity contribution in [2.45, 2.75) is 19.6 Å². The van der Waals surface area contributed by atoms with E-state index in [-0.39, 0.29) is 6.61 Å². The topological polar surface area (TPSA) is 63.2 Å². The lowest BCUT2D eigenvalue weighted by atomic mass is 10.2. The molecule has 1 atom stereocenters. The van der Waals surface area contributed by atoms with Crippen LogP contribution in [0.4, 0.5) is 0 Å². The Morgan fingerprint density at radius 3 is 2.61 bits per heavy atom. The molecule has 0 aliphatic heterocycles.